The molecule has 2 N–H and O–H groups in total. The maximum atomic E-state index is 6.56. The highest BCUT2D eigenvalue weighted by Crippen LogP contribution is 2.33. The number of aryl methyl sites for hydroxylation is 1. The van der Waals surface area contributed by atoms with Crippen LogP contribution >= 0.6 is 0 Å². The lowest BCUT2D eigenvalue weighted by molar-refractivity contribution is 0.384. The molecular weight excluding hydrogens is 208 g/mol. The summed E-state index contributed by atoms with van der Waals surface area (Å²) in [5, 5.41) is 0. The molecule has 86 valence electrons. The van der Waals surface area contributed by atoms with E-state index in [2.05, 4.69) is 35.3 Å². The molecule has 1 atom stereocenters. The van der Waals surface area contributed by atoms with E-state index in [-0.39, 0.29) is 5.54 Å². The summed E-state index contributed by atoms with van der Waals surface area (Å²) < 4.78 is 0. The van der Waals surface area contributed by atoms with Gasteiger partial charge in [0.1, 0.15) is 0 Å². The van der Waals surface area contributed by atoms with E-state index in [0.29, 0.717) is 0 Å². The molecule has 0 bridgehead atoms. The van der Waals surface area contributed by atoms with Crippen LogP contribution in [0, 0.1) is 0 Å². The first kappa shape index (κ1) is 10.5. The molecule has 1 aromatic heterocycles. The van der Waals surface area contributed by atoms with Gasteiger partial charge in [-0.15, -0.1) is 0 Å². The molecule has 1 aliphatic rings. The van der Waals surface area contributed by atoms with Crippen LogP contribution in [-0.4, -0.2) is 4.98 Å². The fourth-order valence-electron chi connectivity index (χ4n) is 2.66. The number of aromatic nitrogens is 1. The van der Waals surface area contributed by atoms with E-state index in [1.165, 1.54) is 11.1 Å². The third-order valence-corrected chi connectivity index (χ3v) is 3.70. The Kier molecular flexibility index (Phi) is 2.45. The molecule has 0 saturated heterocycles. The second-order valence-electron chi connectivity index (χ2n) is 4.84. The van der Waals surface area contributed by atoms with Crippen molar-refractivity contribution < 1.29 is 0 Å². The van der Waals surface area contributed by atoms with Crippen LogP contribution in [0.5, 0.6) is 0 Å². The zero-order valence-corrected chi connectivity index (χ0v) is 9.76. The van der Waals surface area contributed by atoms with Gasteiger partial charge in [0.2, 0.25) is 0 Å². The molecule has 1 aliphatic carbocycles. The highest BCUT2D eigenvalue weighted by atomic mass is 14.8. The minimum Gasteiger partial charge on any atom is -0.321 e. The van der Waals surface area contributed by atoms with Crippen LogP contribution in [0.2, 0.25) is 0 Å². The van der Waals surface area contributed by atoms with Crippen LogP contribution in [0.3, 0.4) is 0 Å². The number of rotatable bonds is 1. The van der Waals surface area contributed by atoms with Crippen molar-refractivity contribution in [2.24, 2.45) is 5.73 Å². The van der Waals surface area contributed by atoms with Gasteiger partial charge in [-0.2, -0.15) is 0 Å². The number of hydrogen-bond acceptors (Lipinski definition) is 2. The molecule has 0 fully saturated rings. The highest BCUT2D eigenvalue weighted by molar-refractivity contribution is 5.35. The lowest BCUT2D eigenvalue weighted by Crippen LogP contribution is -2.42. The molecule has 2 aromatic rings. The third kappa shape index (κ3) is 1.85. The van der Waals surface area contributed by atoms with Crippen molar-refractivity contribution in [2.45, 2.75) is 24.8 Å². The molecule has 1 aromatic carbocycles. The summed E-state index contributed by atoms with van der Waals surface area (Å²) in [4.78, 5) is 4.18. The molecule has 2 nitrogen and oxygen atoms in total. The number of nitrogens with two attached hydrogens (primary N) is 1. The minimum absolute atomic E-state index is 0.247. The topological polar surface area (TPSA) is 38.9 Å². The Labute approximate surface area is 102 Å². The summed E-state index contributed by atoms with van der Waals surface area (Å²) in [6.07, 6.45) is 6.66. The zero-order chi connectivity index (χ0) is 11.7. The Bertz CT molecular complexity index is 521. The Morgan fingerprint density at radius 3 is 2.65 bits per heavy atom. The maximum Gasteiger partial charge on any atom is 0.0469 e. The predicted molar refractivity (Wildman–Crippen MR) is 68.6 cm³/mol. The molecule has 0 saturated carbocycles. The number of benzene rings is 1. The third-order valence-electron chi connectivity index (χ3n) is 3.70. The number of pyridine rings is 1. The maximum absolute atomic E-state index is 6.56. The molecule has 17 heavy (non-hydrogen) atoms. The van der Waals surface area contributed by atoms with Crippen LogP contribution in [0.4, 0.5) is 0 Å². The molecule has 2 heteroatoms. The summed E-state index contributed by atoms with van der Waals surface area (Å²) in [6.45, 7) is 0. The molecule has 3 rings (SSSR count). The summed E-state index contributed by atoms with van der Waals surface area (Å²) in [5.74, 6) is 0. The second kappa shape index (κ2) is 3.97. The highest BCUT2D eigenvalue weighted by Gasteiger charge is 2.31. The smallest absolute Gasteiger partial charge is 0.0469 e. The van der Waals surface area contributed by atoms with Gasteiger partial charge in [-0.1, -0.05) is 30.3 Å². The lowest BCUT2D eigenvalue weighted by atomic mass is 9.75. The van der Waals surface area contributed by atoms with Gasteiger partial charge in [-0.25, -0.2) is 0 Å². The second-order valence-corrected chi connectivity index (χ2v) is 4.84. The van der Waals surface area contributed by atoms with E-state index >= 15 is 0 Å². The molecule has 1 unspecified atom stereocenters. The molecule has 0 spiro atoms. The van der Waals surface area contributed by atoms with Gasteiger partial charge >= 0.3 is 0 Å². The van der Waals surface area contributed by atoms with E-state index in [9.17, 15) is 0 Å². The van der Waals surface area contributed by atoms with Crippen molar-refractivity contribution in [1.82, 2.24) is 4.98 Å². The molecular formula is C15H16N2. The number of hydrogen-bond donors (Lipinski definition) is 1. The zero-order valence-electron chi connectivity index (χ0n) is 9.76. The van der Waals surface area contributed by atoms with Crippen molar-refractivity contribution in [3.05, 3.63) is 65.5 Å². The average Bonchev–Trinajstić information content (AvgIpc) is 2.40. The Morgan fingerprint density at radius 2 is 1.88 bits per heavy atom. The Morgan fingerprint density at radius 1 is 1.06 bits per heavy atom. The first-order chi connectivity index (χ1) is 8.28. The summed E-state index contributed by atoms with van der Waals surface area (Å²) >= 11 is 0. The normalized spacial score (nSPS) is 23.1. The van der Waals surface area contributed by atoms with Crippen molar-refractivity contribution in [1.29, 1.82) is 0 Å². The number of fused-ring (bicyclic) bond motifs is 1. The molecule has 0 radical (unpaired) electrons. The van der Waals surface area contributed by atoms with Crippen molar-refractivity contribution >= 4 is 0 Å². The van der Waals surface area contributed by atoms with Crippen LogP contribution in [0.15, 0.2) is 48.8 Å². The van der Waals surface area contributed by atoms with Gasteiger partial charge in [0.15, 0.2) is 0 Å². The van der Waals surface area contributed by atoms with Crippen LogP contribution in [0.25, 0.3) is 0 Å². The summed E-state index contributed by atoms with van der Waals surface area (Å²) in [5.41, 5.74) is 10.3. The molecule has 0 aliphatic heterocycles. The average molecular weight is 224 g/mol. The van der Waals surface area contributed by atoms with E-state index < -0.39 is 0 Å². The number of nitrogens with zero attached hydrogens (tertiary/aromatic N) is 1. The fraction of sp³-hybridized carbons (Fsp3) is 0.267. The SMILES string of the molecule is NC1(c2cccnc2)CCc2ccccc2C1. The van der Waals surface area contributed by atoms with Gasteiger partial charge in [0, 0.05) is 17.9 Å². The standard InChI is InChI=1S/C15H16N2/c16-15(14-6-3-9-17-11-14)8-7-12-4-1-2-5-13(12)10-15/h1-6,9,11H,7-8,10,16H2. The largest absolute Gasteiger partial charge is 0.321 e. The van der Waals surface area contributed by atoms with Crippen LogP contribution in [-0.2, 0) is 18.4 Å². The van der Waals surface area contributed by atoms with Crippen LogP contribution in [0.1, 0.15) is 23.1 Å². The minimum atomic E-state index is -0.247. The molecule has 0 amide bonds. The van der Waals surface area contributed by atoms with Gasteiger partial charge in [0.25, 0.3) is 0 Å². The van der Waals surface area contributed by atoms with E-state index in [1.807, 2.05) is 12.3 Å². The first-order valence-corrected chi connectivity index (χ1v) is 6.04. The summed E-state index contributed by atoms with van der Waals surface area (Å²) in [7, 11) is 0. The Hall–Kier alpha value is -1.67. The van der Waals surface area contributed by atoms with Gasteiger partial charge < -0.3 is 5.73 Å². The fourth-order valence-corrected chi connectivity index (χ4v) is 2.66. The van der Waals surface area contributed by atoms with Crippen molar-refractivity contribution in [3.8, 4) is 0 Å². The lowest BCUT2D eigenvalue weighted by Gasteiger charge is -2.35. The van der Waals surface area contributed by atoms with E-state index in [4.69, 9.17) is 5.73 Å². The summed E-state index contributed by atoms with van der Waals surface area (Å²) in [6, 6.07) is 12.6. The van der Waals surface area contributed by atoms with Gasteiger partial charge in [-0.05, 0) is 42.0 Å². The van der Waals surface area contributed by atoms with Gasteiger partial charge in [0.05, 0.1) is 0 Å². The van der Waals surface area contributed by atoms with E-state index in [1.54, 1.807) is 6.20 Å². The van der Waals surface area contributed by atoms with E-state index in [0.717, 1.165) is 24.8 Å². The van der Waals surface area contributed by atoms with Crippen LogP contribution < -0.4 is 5.73 Å². The first-order valence-electron chi connectivity index (χ1n) is 6.04. The van der Waals surface area contributed by atoms with Crippen molar-refractivity contribution in [3.63, 3.8) is 0 Å². The monoisotopic (exact) mass is 224 g/mol. The quantitative estimate of drug-likeness (QED) is 0.808. The predicted octanol–water partition coefficient (Wildman–Crippen LogP) is 2.42. The van der Waals surface area contributed by atoms with Gasteiger partial charge in [-0.3, -0.25) is 4.98 Å². The van der Waals surface area contributed by atoms with Crippen molar-refractivity contribution in [2.75, 3.05) is 0 Å². The molecule has 1 heterocycles. The Balaban J connectivity index is 1.98.